The molecule has 0 aliphatic heterocycles. The van der Waals surface area contributed by atoms with E-state index >= 15 is 0 Å². The van der Waals surface area contributed by atoms with Gasteiger partial charge in [-0.15, -0.1) is 0 Å². The van der Waals surface area contributed by atoms with Crippen LogP contribution < -0.4 is 5.32 Å². The van der Waals surface area contributed by atoms with Crippen molar-refractivity contribution < 1.29 is 14.7 Å². The average Bonchev–Trinajstić information content (AvgIpc) is 2.38. The molecule has 0 spiro atoms. The van der Waals surface area contributed by atoms with E-state index in [1.165, 1.54) is 0 Å². The van der Waals surface area contributed by atoms with E-state index in [4.69, 9.17) is 11.6 Å². The van der Waals surface area contributed by atoms with Gasteiger partial charge in [0.2, 0.25) is 5.91 Å². The van der Waals surface area contributed by atoms with E-state index in [0.717, 1.165) is 0 Å². The fourth-order valence-corrected chi connectivity index (χ4v) is 2.18. The number of carbonyl (C=O) groups is 2. The highest BCUT2D eigenvalue weighted by Crippen LogP contribution is 2.15. The van der Waals surface area contributed by atoms with Crippen LogP contribution in [0, 0.1) is 0 Å². The van der Waals surface area contributed by atoms with E-state index in [1.807, 2.05) is 13.8 Å². The van der Waals surface area contributed by atoms with Crippen molar-refractivity contribution in [1.29, 1.82) is 0 Å². The summed E-state index contributed by atoms with van der Waals surface area (Å²) in [6, 6.07) is 5.93. The van der Waals surface area contributed by atoms with Crippen LogP contribution in [0.15, 0.2) is 24.3 Å². The molecule has 0 fully saturated rings. The minimum Gasteiger partial charge on any atom is -0.480 e. The number of carboxylic acids is 1. The Morgan fingerprint density at radius 3 is 2.50 bits per heavy atom. The molecule has 0 saturated carbocycles. The van der Waals surface area contributed by atoms with Gasteiger partial charge in [0.15, 0.2) is 0 Å². The molecule has 1 amide bonds. The predicted octanol–water partition coefficient (Wildman–Crippen LogP) is 2.46. The molecule has 20 heavy (non-hydrogen) atoms. The van der Waals surface area contributed by atoms with Crippen LogP contribution in [0.2, 0.25) is 5.02 Å². The lowest BCUT2D eigenvalue weighted by atomic mass is 10.1. The third-order valence-corrected chi connectivity index (χ3v) is 3.26. The number of halogens is 1. The first kappa shape index (κ1) is 16.5. The van der Waals surface area contributed by atoms with Crippen LogP contribution in [0.4, 0.5) is 5.69 Å². The summed E-state index contributed by atoms with van der Waals surface area (Å²) in [5, 5.41) is 12.4. The van der Waals surface area contributed by atoms with Gasteiger partial charge in [-0.05, 0) is 31.3 Å². The first-order valence-corrected chi connectivity index (χ1v) is 6.88. The molecule has 0 aliphatic rings. The summed E-state index contributed by atoms with van der Waals surface area (Å²) in [5.41, 5.74) is 0.561. The summed E-state index contributed by atoms with van der Waals surface area (Å²) in [5.74, 6) is -1.33. The summed E-state index contributed by atoms with van der Waals surface area (Å²) in [7, 11) is 0. The van der Waals surface area contributed by atoms with Crippen molar-refractivity contribution in [2.75, 3.05) is 18.4 Å². The second kappa shape index (κ2) is 7.87. The summed E-state index contributed by atoms with van der Waals surface area (Å²) in [6.07, 6.45) is -0.0937. The standard InChI is InChI=1S/C14H19ClN2O3/c1-3-17(4-2)12(14(19)20)9-13(18)16-11-7-5-6-10(15)8-11/h5-8,12H,3-4,9H2,1-2H3,(H,16,18)(H,19,20). The van der Waals surface area contributed by atoms with Gasteiger partial charge in [0.05, 0.1) is 6.42 Å². The second-order valence-corrected chi connectivity index (χ2v) is 4.77. The van der Waals surface area contributed by atoms with E-state index in [2.05, 4.69) is 5.32 Å². The molecular formula is C14H19ClN2O3. The van der Waals surface area contributed by atoms with Gasteiger partial charge >= 0.3 is 5.97 Å². The third-order valence-electron chi connectivity index (χ3n) is 3.03. The third kappa shape index (κ3) is 4.83. The molecule has 0 saturated heterocycles. The van der Waals surface area contributed by atoms with Gasteiger partial charge in [0.1, 0.15) is 6.04 Å². The molecule has 0 heterocycles. The normalized spacial score (nSPS) is 12.2. The molecule has 0 aromatic heterocycles. The highest BCUT2D eigenvalue weighted by molar-refractivity contribution is 6.30. The van der Waals surface area contributed by atoms with Gasteiger partial charge in [-0.1, -0.05) is 31.5 Å². The molecule has 1 unspecified atom stereocenters. The number of hydrogen-bond acceptors (Lipinski definition) is 3. The summed E-state index contributed by atoms with van der Waals surface area (Å²) >= 11 is 5.83. The topological polar surface area (TPSA) is 69.6 Å². The SMILES string of the molecule is CCN(CC)C(CC(=O)Nc1cccc(Cl)c1)C(=O)O. The Morgan fingerprint density at radius 2 is 2.00 bits per heavy atom. The number of aliphatic carboxylic acids is 1. The number of nitrogens with zero attached hydrogens (tertiary/aromatic N) is 1. The Labute approximate surface area is 123 Å². The molecule has 110 valence electrons. The lowest BCUT2D eigenvalue weighted by molar-refractivity contribution is -0.145. The highest BCUT2D eigenvalue weighted by Gasteiger charge is 2.26. The first-order chi connectivity index (χ1) is 9.47. The number of anilines is 1. The molecule has 6 heteroatoms. The molecule has 0 radical (unpaired) electrons. The Balaban J connectivity index is 2.69. The predicted molar refractivity (Wildman–Crippen MR) is 79.0 cm³/mol. The van der Waals surface area contributed by atoms with E-state index < -0.39 is 12.0 Å². The molecule has 1 aromatic carbocycles. The maximum atomic E-state index is 11.9. The van der Waals surface area contributed by atoms with Crippen LogP contribution in [-0.2, 0) is 9.59 Å². The summed E-state index contributed by atoms with van der Waals surface area (Å²) < 4.78 is 0. The Kier molecular flexibility index (Phi) is 6.48. The van der Waals surface area contributed by atoms with Crippen LogP contribution in [0.1, 0.15) is 20.3 Å². The van der Waals surface area contributed by atoms with E-state index in [1.54, 1.807) is 29.2 Å². The van der Waals surface area contributed by atoms with Crippen molar-refractivity contribution in [3.05, 3.63) is 29.3 Å². The van der Waals surface area contributed by atoms with Crippen molar-refractivity contribution in [3.8, 4) is 0 Å². The molecule has 1 aromatic rings. The van der Waals surface area contributed by atoms with Crippen molar-refractivity contribution >= 4 is 29.2 Å². The fraction of sp³-hybridized carbons (Fsp3) is 0.429. The Bertz CT molecular complexity index is 475. The van der Waals surface area contributed by atoms with Crippen LogP contribution >= 0.6 is 11.6 Å². The lowest BCUT2D eigenvalue weighted by Gasteiger charge is -2.25. The summed E-state index contributed by atoms with van der Waals surface area (Å²) in [6.45, 7) is 4.90. The number of rotatable bonds is 7. The summed E-state index contributed by atoms with van der Waals surface area (Å²) in [4.78, 5) is 24.9. The van der Waals surface area contributed by atoms with Crippen LogP contribution in [0.3, 0.4) is 0 Å². The quantitative estimate of drug-likeness (QED) is 0.811. The van der Waals surface area contributed by atoms with Gasteiger partial charge in [-0.2, -0.15) is 0 Å². The number of carboxylic acid groups (broad SMARTS) is 1. The zero-order valence-electron chi connectivity index (χ0n) is 11.6. The van der Waals surface area contributed by atoms with Crippen molar-refractivity contribution in [2.45, 2.75) is 26.3 Å². The Hall–Kier alpha value is -1.59. The maximum Gasteiger partial charge on any atom is 0.321 e. The maximum absolute atomic E-state index is 11.9. The first-order valence-electron chi connectivity index (χ1n) is 6.50. The van der Waals surface area contributed by atoms with Crippen LogP contribution in [0.25, 0.3) is 0 Å². The number of carbonyl (C=O) groups excluding carboxylic acids is 1. The zero-order valence-corrected chi connectivity index (χ0v) is 12.4. The molecule has 2 N–H and O–H groups in total. The fourth-order valence-electron chi connectivity index (χ4n) is 1.99. The number of hydrogen-bond donors (Lipinski definition) is 2. The smallest absolute Gasteiger partial charge is 0.321 e. The van der Waals surface area contributed by atoms with Gasteiger partial charge in [0.25, 0.3) is 0 Å². The molecule has 5 nitrogen and oxygen atoms in total. The number of likely N-dealkylation sites (N-methyl/N-ethyl adjacent to an activating group) is 1. The lowest BCUT2D eigenvalue weighted by Crippen LogP contribution is -2.43. The average molecular weight is 299 g/mol. The van der Waals surface area contributed by atoms with Gasteiger partial charge < -0.3 is 10.4 Å². The minimum atomic E-state index is -0.991. The zero-order chi connectivity index (χ0) is 15.1. The highest BCUT2D eigenvalue weighted by atomic mass is 35.5. The second-order valence-electron chi connectivity index (χ2n) is 4.34. The van der Waals surface area contributed by atoms with Crippen molar-refractivity contribution in [2.24, 2.45) is 0 Å². The molecule has 0 aliphatic carbocycles. The Morgan fingerprint density at radius 1 is 1.35 bits per heavy atom. The van der Waals surface area contributed by atoms with Crippen molar-refractivity contribution in [3.63, 3.8) is 0 Å². The largest absolute Gasteiger partial charge is 0.480 e. The van der Waals surface area contributed by atoms with Crippen LogP contribution in [-0.4, -0.2) is 41.0 Å². The van der Waals surface area contributed by atoms with E-state index in [-0.39, 0.29) is 12.3 Å². The molecule has 0 bridgehead atoms. The van der Waals surface area contributed by atoms with Crippen molar-refractivity contribution in [1.82, 2.24) is 4.90 Å². The molecular weight excluding hydrogens is 280 g/mol. The monoisotopic (exact) mass is 298 g/mol. The van der Waals surface area contributed by atoms with Crippen LogP contribution in [0.5, 0.6) is 0 Å². The number of benzene rings is 1. The van der Waals surface area contributed by atoms with Gasteiger partial charge in [-0.3, -0.25) is 14.5 Å². The molecule has 1 rings (SSSR count). The number of amides is 1. The van der Waals surface area contributed by atoms with E-state index in [9.17, 15) is 14.7 Å². The van der Waals surface area contributed by atoms with Gasteiger partial charge in [-0.25, -0.2) is 0 Å². The molecule has 1 atom stereocenters. The number of nitrogens with one attached hydrogen (secondary N) is 1. The minimum absolute atomic E-state index is 0.0937. The van der Waals surface area contributed by atoms with E-state index in [0.29, 0.717) is 23.8 Å². The van der Waals surface area contributed by atoms with Gasteiger partial charge in [0, 0.05) is 10.7 Å².